The third-order valence-corrected chi connectivity index (χ3v) is 12.7. The monoisotopic (exact) mass is 820 g/mol. The largest absolute Gasteiger partial charge is 0.340 e. The molecule has 2 aliphatic heterocycles. The van der Waals surface area contributed by atoms with E-state index in [0.29, 0.717) is 30.2 Å². The Hall–Kier alpha value is -5.91. The summed E-state index contributed by atoms with van der Waals surface area (Å²) in [6.45, 7) is 12.8. The van der Waals surface area contributed by atoms with Crippen LogP contribution in [0, 0.1) is 5.82 Å². The van der Waals surface area contributed by atoms with Gasteiger partial charge in [-0.15, -0.1) is 0 Å². The van der Waals surface area contributed by atoms with Crippen LogP contribution in [0.25, 0.3) is 33.6 Å². The highest BCUT2D eigenvalue weighted by Gasteiger charge is 2.39. The number of rotatable bonds is 15. The molecule has 61 heavy (non-hydrogen) atoms. The van der Waals surface area contributed by atoms with Gasteiger partial charge in [0.25, 0.3) is 0 Å². The number of benzene rings is 4. The van der Waals surface area contributed by atoms with Crippen LogP contribution in [0.15, 0.2) is 116 Å². The number of nitrogens with one attached hydrogen (secondary N) is 2. The summed E-state index contributed by atoms with van der Waals surface area (Å²) in [5, 5.41) is 0. The zero-order valence-electron chi connectivity index (χ0n) is 35.7. The van der Waals surface area contributed by atoms with E-state index in [1.807, 2.05) is 107 Å². The Kier molecular flexibility index (Phi) is 12.9. The minimum atomic E-state index is -0.376. The van der Waals surface area contributed by atoms with Gasteiger partial charge in [0.2, 0.25) is 11.8 Å². The van der Waals surface area contributed by atoms with Crippen molar-refractivity contribution < 1.29 is 14.0 Å². The Morgan fingerprint density at radius 3 is 1.54 bits per heavy atom. The number of aromatic amines is 2. The van der Waals surface area contributed by atoms with E-state index in [1.165, 1.54) is 0 Å². The molecule has 8 rings (SSSR count). The molecule has 4 atom stereocenters. The second kappa shape index (κ2) is 18.8. The van der Waals surface area contributed by atoms with E-state index < -0.39 is 0 Å². The molecule has 2 amide bonds. The van der Waals surface area contributed by atoms with Crippen LogP contribution in [0.2, 0.25) is 0 Å². The second-order valence-corrected chi connectivity index (χ2v) is 16.1. The first kappa shape index (κ1) is 41.8. The van der Waals surface area contributed by atoms with Crippen molar-refractivity contribution in [3.63, 3.8) is 0 Å². The first-order valence-electron chi connectivity index (χ1n) is 22.0. The summed E-state index contributed by atoms with van der Waals surface area (Å²) in [5.41, 5.74) is 6.47. The van der Waals surface area contributed by atoms with Crippen LogP contribution < -0.4 is 0 Å². The minimum Gasteiger partial charge on any atom is -0.340 e. The molecule has 0 unspecified atom stereocenters. The summed E-state index contributed by atoms with van der Waals surface area (Å²) < 4.78 is 15.9. The predicted octanol–water partition coefficient (Wildman–Crippen LogP) is 9.77. The Morgan fingerprint density at radius 1 is 0.623 bits per heavy atom. The van der Waals surface area contributed by atoms with Crippen molar-refractivity contribution in [2.75, 3.05) is 39.3 Å². The standard InChI is InChI=1S/C50H57FN8O2/c1-5-56(6-2)45(36-17-11-9-12-18-36)49(60)58-29-15-21-43(58)47-52-32-41(54-47)35-25-23-34(24-26-35)38-27-28-39(40(51)31-38)42-33-53-48(55-42)44-22-16-30-59(44)50(61)46(57(7-3)8-4)37-19-13-10-14-20-37/h9-14,17-20,23-28,31-33,43-46H,5-8,15-16,21-22,29-30H2,1-4H3,(H,52,54)(H,53,55)/t43-,44-,45+,46+/m0/s1. The minimum absolute atomic E-state index is 0.0699. The van der Waals surface area contributed by atoms with E-state index in [9.17, 15) is 9.59 Å². The number of imidazole rings is 2. The van der Waals surface area contributed by atoms with Gasteiger partial charge in [-0.2, -0.15) is 0 Å². The number of nitrogens with zero attached hydrogens (tertiary/aromatic N) is 6. The summed E-state index contributed by atoms with van der Waals surface area (Å²) in [6, 6.07) is 32.3. The van der Waals surface area contributed by atoms with Gasteiger partial charge >= 0.3 is 0 Å². The van der Waals surface area contributed by atoms with Gasteiger partial charge in [0.15, 0.2) is 0 Å². The van der Waals surface area contributed by atoms with Crippen LogP contribution in [0.4, 0.5) is 4.39 Å². The molecule has 6 aromatic rings. The third kappa shape index (κ3) is 8.54. The van der Waals surface area contributed by atoms with Gasteiger partial charge < -0.3 is 19.8 Å². The third-order valence-electron chi connectivity index (χ3n) is 12.7. The van der Waals surface area contributed by atoms with Crippen molar-refractivity contribution >= 4 is 11.8 Å². The molecule has 2 saturated heterocycles. The molecule has 2 N–H and O–H groups in total. The maximum atomic E-state index is 15.9. The maximum Gasteiger partial charge on any atom is 0.245 e. The number of carbonyl (C=O) groups excluding carboxylic acids is 2. The molecule has 316 valence electrons. The van der Waals surface area contributed by atoms with E-state index in [0.717, 1.165) is 91.2 Å². The molecule has 4 heterocycles. The molecule has 0 saturated carbocycles. The van der Waals surface area contributed by atoms with Crippen LogP contribution in [-0.2, 0) is 9.59 Å². The number of hydrogen-bond acceptors (Lipinski definition) is 6. The van der Waals surface area contributed by atoms with E-state index in [2.05, 4.69) is 47.5 Å². The lowest BCUT2D eigenvalue weighted by molar-refractivity contribution is -0.139. The van der Waals surface area contributed by atoms with Crippen LogP contribution in [0.1, 0.15) is 100 Å². The highest BCUT2D eigenvalue weighted by Crippen LogP contribution is 2.38. The highest BCUT2D eigenvalue weighted by atomic mass is 19.1. The fourth-order valence-electron chi connectivity index (χ4n) is 9.46. The molecule has 0 bridgehead atoms. The maximum absolute atomic E-state index is 15.9. The van der Waals surface area contributed by atoms with Gasteiger partial charge in [-0.25, -0.2) is 14.4 Å². The molecule has 0 spiro atoms. The predicted molar refractivity (Wildman–Crippen MR) is 239 cm³/mol. The molecule has 10 nitrogen and oxygen atoms in total. The molecule has 0 radical (unpaired) electrons. The fraction of sp³-hybridized carbons (Fsp3) is 0.360. The van der Waals surface area contributed by atoms with Gasteiger partial charge in [-0.1, -0.05) is 119 Å². The summed E-state index contributed by atoms with van der Waals surface area (Å²) >= 11 is 0. The zero-order chi connectivity index (χ0) is 42.5. The summed E-state index contributed by atoms with van der Waals surface area (Å²) in [4.78, 5) is 53.3. The number of hydrogen-bond donors (Lipinski definition) is 2. The van der Waals surface area contributed by atoms with Crippen molar-refractivity contribution in [1.29, 1.82) is 0 Å². The van der Waals surface area contributed by atoms with Crippen LogP contribution >= 0.6 is 0 Å². The molecule has 0 aliphatic carbocycles. The number of aromatic nitrogens is 4. The number of H-pyrrole nitrogens is 2. The van der Waals surface area contributed by atoms with Crippen LogP contribution in [-0.4, -0.2) is 90.6 Å². The molecule has 2 aliphatic rings. The molecule has 2 aromatic heterocycles. The summed E-state index contributed by atoms with van der Waals surface area (Å²) in [6.07, 6.45) is 6.95. The molecule has 4 aromatic carbocycles. The fourth-order valence-corrected chi connectivity index (χ4v) is 9.46. The average Bonchev–Trinajstić information content (AvgIpc) is 4.15. The SMILES string of the molecule is CCN(CC)[C@@H](C(=O)N1CCC[C@H]1c1ncc(-c2ccc(-c3ccc(-c4cnc([C@@H]5CCCN5C(=O)[C@@H](c5ccccc5)N(CC)CC)[nH]4)c(F)c3)cc2)[nH]1)c1ccccc1. The number of likely N-dealkylation sites (tertiary alicyclic amines) is 2. The van der Waals surface area contributed by atoms with Gasteiger partial charge in [-0.05, 0) is 91.8 Å². The van der Waals surface area contributed by atoms with E-state index >= 15 is 4.39 Å². The summed E-state index contributed by atoms with van der Waals surface area (Å²) in [7, 11) is 0. The Morgan fingerprint density at radius 2 is 1.07 bits per heavy atom. The van der Waals surface area contributed by atoms with Crippen molar-refractivity contribution in [2.24, 2.45) is 0 Å². The van der Waals surface area contributed by atoms with E-state index in [4.69, 9.17) is 9.97 Å². The zero-order valence-corrected chi connectivity index (χ0v) is 35.7. The number of halogens is 1. The molecule has 11 heteroatoms. The van der Waals surface area contributed by atoms with Crippen molar-refractivity contribution in [1.82, 2.24) is 39.5 Å². The van der Waals surface area contributed by atoms with Gasteiger partial charge in [-0.3, -0.25) is 19.4 Å². The molecular weight excluding hydrogens is 764 g/mol. The highest BCUT2D eigenvalue weighted by molar-refractivity contribution is 5.85. The first-order valence-corrected chi connectivity index (χ1v) is 22.0. The topological polar surface area (TPSA) is 104 Å². The van der Waals surface area contributed by atoms with Gasteiger partial charge in [0.05, 0.1) is 35.9 Å². The first-order chi connectivity index (χ1) is 29.8. The lowest BCUT2D eigenvalue weighted by Gasteiger charge is -2.34. The van der Waals surface area contributed by atoms with Crippen molar-refractivity contribution in [3.8, 4) is 33.6 Å². The number of amides is 2. The lowest BCUT2D eigenvalue weighted by atomic mass is 10.0. The number of likely N-dealkylation sites (N-methyl/N-ethyl adjacent to an activating group) is 2. The quantitative estimate of drug-likeness (QED) is 0.107. The second-order valence-electron chi connectivity index (χ2n) is 16.1. The van der Waals surface area contributed by atoms with Crippen LogP contribution in [0.5, 0.6) is 0 Å². The van der Waals surface area contributed by atoms with E-state index in [-0.39, 0.29) is 41.8 Å². The Labute approximate surface area is 358 Å². The van der Waals surface area contributed by atoms with Crippen molar-refractivity contribution in [3.05, 3.63) is 144 Å². The van der Waals surface area contributed by atoms with Gasteiger partial charge in [0, 0.05) is 18.7 Å². The lowest BCUT2D eigenvalue weighted by Crippen LogP contribution is -2.43. The molecule has 2 fully saturated rings. The Bertz CT molecular complexity index is 2390. The van der Waals surface area contributed by atoms with Crippen LogP contribution in [0.3, 0.4) is 0 Å². The number of carbonyl (C=O) groups is 2. The van der Waals surface area contributed by atoms with Crippen molar-refractivity contribution in [2.45, 2.75) is 77.5 Å². The van der Waals surface area contributed by atoms with E-state index in [1.54, 1.807) is 18.3 Å². The smallest absolute Gasteiger partial charge is 0.245 e. The molecular formula is C50H57FN8O2. The van der Waals surface area contributed by atoms with Gasteiger partial charge in [0.1, 0.15) is 29.5 Å². The average molecular weight is 821 g/mol. The summed E-state index contributed by atoms with van der Waals surface area (Å²) in [5.74, 6) is 1.30. The normalized spacial score (nSPS) is 17.7. The Balaban J connectivity index is 0.954.